The standard InChI is InChI=1S/C13H22/c1-13(6-2-3-7-13)12-9-10-4-5-11(12)8-10/h10-12H,2-9H2,1H3. The van der Waals surface area contributed by atoms with E-state index in [1.54, 1.807) is 38.5 Å². The third-order valence-corrected chi connectivity index (χ3v) is 5.38. The molecule has 0 amide bonds. The molecule has 0 aromatic carbocycles. The molecular formula is C13H22. The van der Waals surface area contributed by atoms with Crippen LogP contribution in [-0.2, 0) is 0 Å². The first-order chi connectivity index (χ1) is 6.28. The molecule has 0 N–H and O–H groups in total. The molecule has 3 unspecified atom stereocenters. The first-order valence-electron chi connectivity index (χ1n) is 6.28. The summed E-state index contributed by atoms with van der Waals surface area (Å²) < 4.78 is 0. The summed E-state index contributed by atoms with van der Waals surface area (Å²) in [4.78, 5) is 0. The Labute approximate surface area is 82.1 Å². The van der Waals surface area contributed by atoms with Gasteiger partial charge in [0.25, 0.3) is 0 Å². The van der Waals surface area contributed by atoms with Crippen LogP contribution in [-0.4, -0.2) is 0 Å². The second kappa shape index (κ2) is 2.74. The highest BCUT2D eigenvalue weighted by atomic mass is 14.5. The Morgan fingerprint density at radius 3 is 2.31 bits per heavy atom. The van der Waals surface area contributed by atoms with Crippen LogP contribution in [0.25, 0.3) is 0 Å². The summed E-state index contributed by atoms with van der Waals surface area (Å²) in [6.07, 6.45) is 12.5. The fraction of sp³-hybridized carbons (Fsp3) is 1.00. The quantitative estimate of drug-likeness (QED) is 0.569. The summed E-state index contributed by atoms with van der Waals surface area (Å²) in [7, 11) is 0. The Balaban J connectivity index is 1.78. The zero-order chi connectivity index (χ0) is 8.89. The summed E-state index contributed by atoms with van der Waals surface area (Å²) in [5, 5.41) is 0. The maximum atomic E-state index is 2.59. The van der Waals surface area contributed by atoms with Gasteiger partial charge in [0.2, 0.25) is 0 Å². The van der Waals surface area contributed by atoms with Gasteiger partial charge in [0.05, 0.1) is 0 Å². The average molecular weight is 178 g/mol. The van der Waals surface area contributed by atoms with E-state index >= 15 is 0 Å². The lowest BCUT2D eigenvalue weighted by atomic mass is 9.68. The van der Waals surface area contributed by atoms with E-state index in [4.69, 9.17) is 0 Å². The topological polar surface area (TPSA) is 0 Å². The van der Waals surface area contributed by atoms with Crippen LogP contribution in [0.2, 0.25) is 0 Å². The van der Waals surface area contributed by atoms with Gasteiger partial charge in [-0.2, -0.15) is 0 Å². The molecule has 0 nitrogen and oxygen atoms in total. The van der Waals surface area contributed by atoms with Crippen molar-refractivity contribution < 1.29 is 0 Å². The number of hydrogen-bond acceptors (Lipinski definition) is 0. The van der Waals surface area contributed by atoms with Crippen molar-refractivity contribution in [3.05, 3.63) is 0 Å². The summed E-state index contributed by atoms with van der Waals surface area (Å²) in [5.74, 6) is 3.43. The molecule has 0 aliphatic heterocycles. The lowest BCUT2D eigenvalue weighted by molar-refractivity contribution is 0.127. The molecule has 13 heavy (non-hydrogen) atoms. The van der Waals surface area contributed by atoms with Crippen LogP contribution in [0.1, 0.15) is 58.3 Å². The fourth-order valence-corrected chi connectivity index (χ4v) is 4.65. The van der Waals surface area contributed by atoms with E-state index in [0.29, 0.717) is 0 Å². The largest absolute Gasteiger partial charge is 0.0594 e. The number of hydrogen-bond donors (Lipinski definition) is 0. The van der Waals surface area contributed by atoms with Crippen molar-refractivity contribution in [3.63, 3.8) is 0 Å². The highest BCUT2D eigenvalue weighted by Gasteiger charge is 2.48. The molecule has 3 aliphatic rings. The molecule has 0 aromatic heterocycles. The van der Waals surface area contributed by atoms with Crippen molar-refractivity contribution >= 4 is 0 Å². The van der Waals surface area contributed by atoms with E-state index in [1.165, 1.54) is 12.8 Å². The summed E-state index contributed by atoms with van der Waals surface area (Å²) in [6, 6.07) is 0. The molecular weight excluding hydrogens is 156 g/mol. The van der Waals surface area contributed by atoms with Crippen LogP contribution in [0.5, 0.6) is 0 Å². The summed E-state index contributed by atoms with van der Waals surface area (Å²) in [6.45, 7) is 2.59. The second-order valence-corrected chi connectivity index (χ2v) is 6.14. The van der Waals surface area contributed by atoms with Crippen molar-refractivity contribution in [2.24, 2.45) is 23.2 Å². The molecule has 3 atom stereocenters. The highest BCUT2D eigenvalue weighted by Crippen LogP contribution is 2.59. The van der Waals surface area contributed by atoms with Gasteiger partial charge in [-0.05, 0) is 55.3 Å². The lowest BCUT2D eigenvalue weighted by Gasteiger charge is -2.37. The first-order valence-corrected chi connectivity index (χ1v) is 6.28. The zero-order valence-electron chi connectivity index (χ0n) is 8.89. The predicted molar refractivity (Wildman–Crippen MR) is 55.5 cm³/mol. The maximum Gasteiger partial charge on any atom is -0.0295 e. The third kappa shape index (κ3) is 1.17. The van der Waals surface area contributed by atoms with Gasteiger partial charge in [0, 0.05) is 0 Å². The minimum atomic E-state index is 0.778. The van der Waals surface area contributed by atoms with Gasteiger partial charge in [0.1, 0.15) is 0 Å². The molecule has 0 radical (unpaired) electrons. The van der Waals surface area contributed by atoms with E-state index in [1.807, 2.05) is 0 Å². The van der Waals surface area contributed by atoms with Crippen LogP contribution in [0.4, 0.5) is 0 Å². The summed E-state index contributed by atoms with van der Waals surface area (Å²) >= 11 is 0. The van der Waals surface area contributed by atoms with Crippen molar-refractivity contribution in [2.45, 2.75) is 58.3 Å². The molecule has 0 spiro atoms. The molecule has 74 valence electrons. The maximum absolute atomic E-state index is 2.59. The molecule has 2 bridgehead atoms. The van der Waals surface area contributed by atoms with E-state index < -0.39 is 0 Å². The van der Waals surface area contributed by atoms with Crippen molar-refractivity contribution in [2.75, 3.05) is 0 Å². The molecule has 3 rings (SSSR count). The molecule has 0 aromatic rings. The van der Waals surface area contributed by atoms with E-state index in [0.717, 1.165) is 23.2 Å². The van der Waals surface area contributed by atoms with Crippen LogP contribution in [0.3, 0.4) is 0 Å². The lowest BCUT2D eigenvalue weighted by Crippen LogP contribution is -2.28. The minimum Gasteiger partial charge on any atom is -0.0594 e. The Kier molecular flexibility index (Phi) is 1.76. The Morgan fingerprint density at radius 2 is 1.77 bits per heavy atom. The molecule has 3 fully saturated rings. The van der Waals surface area contributed by atoms with Gasteiger partial charge in [-0.1, -0.05) is 26.2 Å². The van der Waals surface area contributed by atoms with E-state index in [2.05, 4.69) is 6.92 Å². The zero-order valence-corrected chi connectivity index (χ0v) is 8.89. The molecule has 3 saturated carbocycles. The first kappa shape index (κ1) is 8.32. The normalized spacial score (nSPS) is 47.3. The molecule has 0 heteroatoms. The van der Waals surface area contributed by atoms with Crippen molar-refractivity contribution in [1.29, 1.82) is 0 Å². The van der Waals surface area contributed by atoms with Gasteiger partial charge in [0.15, 0.2) is 0 Å². The number of fused-ring (bicyclic) bond motifs is 2. The van der Waals surface area contributed by atoms with Gasteiger partial charge < -0.3 is 0 Å². The Hall–Kier alpha value is 0. The van der Waals surface area contributed by atoms with Crippen LogP contribution in [0.15, 0.2) is 0 Å². The smallest absolute Gasteiger partial charge is 0.0295 e. The molecule has 0 heterocycles. The van der Waals surface area contributed by atoms with E-state index in [-0.39, 0.29) is 0 Å². The number of rotatable bonds is 1. The molecule has 0 saturated heterocycles. The van der Waals surface area contributed by atoms with Gasteiger partial charge >= 0.3 is 0 Å². The highest BCUT2D eigenvalue weighted by molar-refractivity contribution is 4.99. The predicted octanol–water partition coefficient (Wildman–Crippen LogP) is 4.00. The second-order valence-electron chi connectivity index (χ2n) is 6.14. The Bertz CT molecular complexity index is 200. The van der Waals surface area contributed by atoms with Crippen LogP contribution in [0, 0.1) is 23.2 Å². The van der Waals surface area contributed by atoms with Gasteiger partial charge in [-0.3, -0.25) is 0 Å². The Morgan fingerprint density at radius 1 is 1.00 bits per heavy atom. The third-order valence-electron chi connectivity index (χ3n) is 5.38. The van der Waals surface area contributed by atoms with Crippen molar-refractivity contribution in [1.82, 2.24) is 0 Å². The fourth-order valence-electron chi connectivity index (χ4n) is 4.65. The van der Waals surface area contributed by atoms with Crippen LogP contribution < -0.4 is 0 Å². The average Bonchev–Trinajstić information content (AvgIpc) is 2.77. The summed E-state index contributed by atoms with van der Waals surface area (Å²) in [5.41, 5.74) is 0.778. The van der Waals surface area contributed by atoms with Gasteiger partial charge in [-0.25, -0.2) is 0 Å². The monoisotopic (exact) mass is 178 g/mol. The van der Waals surface area contributed by atoms with E-state index in [9.17, 15) is 0 Å². The van der Waals surface area contributed by atoms with Crippen molar-refractivity contribution in [3.8, 4) is 0 Å². The minimum absolute atomic E-state index is 0.778. The van der Waals surface area contributed by atoms with Gasteiger partial charge in [-0.15, -0.1) is 0 Å². The SMILES string of the molecule is CC1(C2CC3CCC2C3)CCCC1. The molecule has 3 aliphatic carbocycles. The van der Waals surface area contributed by atoms with Crippen LogP contribution >= 0.6 is 0 Å².